The lowest BCUT2D eigenvalue weighted by molar-refractivity contribution is -0.121. The van der Waals surface area contributed by atoms with Gasteiger partial charge in [0.05, 0.1) is 24.3 Å². The van der Waals surface area contributed by atoms with E-state index in [1.165, 1.54) is 24.3 Å². The number of carbonyl (C=O) groups is 1. The summed E-state index contributed by atoms with van der Waals surface area (Å²) in [4.78, 5) is 14.1. The number of carbonyl (C=O) groups excluding carboxylic acids is 1. The van der Waals surface area contributed by atoms with E-state index in [4.69, 9.17) is 0 Å². The number of anilines is 1. The van der Waals surface area contributed by atoms with Crippen LogP contribution >= 0.6 is 0 Å². The molecule has 3 rings (SSSR count). The van der Waals surface area contributed by atoms with Crippen molar-refractivity contribution in [3.05, 3.63) is 53.2 Å². The molecule has 0 aliphatic carbocycles. The van der Waals surface area contributed by atoms with Crippen LogP contribution in [0.25, 0.3) is 0 Å². The second-order valence-corrected chi connectivity index (χ2v) is 6.40. The van der Waals surface area contributed by atoms with Gasteiger partial charge in [-0.25, -0.2) is 8.78 Å². The SMILES string of the molecule is Cc1ccc(N2C[C@H](O)[C@H](NC(=O)Cc3ccc(C(F)F)cc3)C2)nn1. The van der Waals surface area contributed by atoms with Crippen LogP contribution in [-0.4, -0.2) is 46.4 Å². The van der Waals surface area contributed by atoms with Gasteiger partial charge in [-0.05, 0) is 24.6 Å². The Bertz CT molecular complexity index is 753. The van der Waals surface area contributed by atoms with Crippen molar-refractivity contribution in [3.8, 4) is 0 Å². The average Bonchev–Trinajstić information content (AvgIpc) is 2.96. The molecule has 2 heterocycles. The number of hydrogen-bond donors (Lipinski definition) is 2. The minimum atomic E-state index is -2.53. The van der Waals surface area contributed by atoms with E-state index in [0.717, 1.165) is 5.69 Å². The number of aromatic nitrogens is 2. The standard InChI is InChI=1S/C18H20F2N4O2/c1-11-2-7-16(23-22-11)24-9-14(15(25)10-24)21-17(26)8-12-3-5-13(6-4-12)18(19)20/h2-7,14-15,18,25H,8-10H2,1H3,(H,21,26)/t14-,15+/m1/s1. The van der Waals surface area contributed by atoms with Gasteiger partial charge in [0.15, 0.2) is 5.82 Å². The molecule has 2 atom stereocenters. The maximum absolute atomic E-state index is 12.6. The third-order valence-electron chi connectivity index (χ3n) is 4.34. The number of halogens is 2. The second-order valence-electron chi connectivity index (χ2n) is 6.40. The molecule has 1 aliphatic rings. The maximum atomic E-state index is 12.6. The van der Waals surface area contributed by atoms with Crippen LogP contribution in [0.5, 0.6) is 0 Å². The number of benzene rings is 1. The lowest BCUT2D eigenvalue weighted by atomic mass is 10.1. The van der Waals surface area contributed by atoms with Gasteiger partial charge in [-0.2, -0.15) is 5.10 Å². The van der Waals surface area contributed by atoms with E-state index in [1.54, 1.807) is 0 Å². The number of nitrogens with one attached hydrogen (secondary N) is 1. The fraction of sp³-hybridized carbons (Fsp3) is 0.389. The van der Waals surface area contributed by atoms with E-state index < -0.39 is 18.6 Å². The van der Waals surface area contributed by atoms with E-state index in [-0.39, 0.29) is 17.9 Å². The van der Waals surface area contributed by atoms with Gasteiger partial charge in [-0.1, -0.05) is 24.3 Å². The van der Waals surface area contributed by atoms with Crippen molar-refractivity contribution in [1.82, 2.24) is 15.5 Å². The highest BCUT2D eigenvalue weighted by Gasteiger charge is 2.33. The Morgan fingerprint density at radius 1 is 1.23 bits per heavy atom. The minimum absolute atomic E-state index is 0.0665. The quantitative estimate of drug-likeness (QED) is 0.845. The second kappa shape index (κ2) is 7.74. The van der Waals surface area contributed by atoms with Crippen LogP contribution in [0.4, 0.5) is 14.6 Å². The van der Waals surface area contributed by atoms with Crippen molar-refractivity contribution in [2.75, 3.05) is 18.0 Å². The van der Waals surface area contributed by atoms with Crippen LogP contribution < -0.4 is 10.2 Å². The highest BCUT2D eigenvalue weighted by Crippen LogP contribution is 2.20. The first kappa shape index (κ1) is 18.2. The molecule has 1 saturated heterocycles. The first-order valence-electron chi connectivity index (χ1n) is 8.32. The Balaban J connectivity index is 1.56. The molecule has 0 bridgehead atoms. The molecule has 138 valence electrons. The number of rotatable bonds is 5. The average molecular weight is 362 g/mol. The molecule has 1 aliphatic heterocycles. The Hall–Kier alpha value is -2.61. The van der Waals surface area contributed by atoms with Gasteiger partial charge in [-0.3, -0.25) is 4.79 Å². The number of aryl methyl sites for hydroxylation is 1. The fourth-order valence-corrected chi connectivity index (χ4v) is 2.90. The predicted molar refractivity (Wildman–Crippen MR) is 92.0 cm³/mol. The van der Waals surface area contributed by atoms with Crippen LogP contribution in [-0.2, 0) is 11.2 Å². The van der Waals surface area contributed by atoms with E-state index in [0.29, 0.717) is 24.5 Å². The summed E-state index contributed by atoms with van der Waals surface area (Å²) in [6.07, 6.45) is -3.18. The van der Waals surface area contributed by atoms with Gasteiger partial charge in [-0.15, -0.1) is 5.10 Å². The van der Waals surface area contributed by atoms with Crippen molar-refractivity contribution < 1.29 is 18.7 Å². The third kappa shape index (κ3) is 4.32. The summed E-state index contributed by atoms with van der Waals surface area (Å²) in [5, 5.41) is 21.1. The van der Waals surface area contributed by atoms with E-state index in [2.05, 4.69) is 15.5 Å². The lowest BCUT2D eigenvalue weighted by Crippen LogP contribution is -2.43. The van der Waals surface area contributed by atoms with Gasteiger partial charge < -0.3 is 15.3 Å². The molecule has 26 heavy (non-hydrogen) atoms. The molecule has 0 radical (unpaired) electrons. The first-order valence-corrected chi connectivity index (χ1v) is 8.32. The Kier molecular flexibility index (Phi) is 5.41. The molecule has 0 unspecified atom stereocenters. The summed E-state index contributed by atoms with van der Waals surface area (Å²) in [6.45, 7) is 2.62. The zero-order valence-electron chi connectivity index (χ0n) is 14.3. The van der Waals surface area contributed by atoms with E-state index in [9.17, 15) is 18.7 Å². The molecule has 1 fully saturated rings. The van der Waals surface area contributed by atoms with Crippen LogP contribution in [0.3, 0.4) is 0 Å². The van der Waals surface area contributed by atoms with Crippen molar-refractivity contribution in [2.45, 2.75) is 31.9 Å². The van der Waals surface area contributed by atoms with Crippen molar-refractivity contribution in [3.63, 3.8) is 0 Å². The van der Waals surface area contributed by atoms with Gasteiger partial charge >= 0.3 is 0 Å². The number of alkyl halides is 2. The lowest BCUT2D eigenvalue weighted by Gasteiger charge is -2.17. The summed E-state index contributed by atoms with van der Waals surface area (Å²) in [5.41, 5.74) is 1.37. The summed E-state index contributed by atoms with van der Waals surface area (Å²) < 4.78 is 25.1. The van der Waals surface area contributed by atoms with Crippen molar-refractivity contribution >= 4 is 11.7 Å². The number of aliphatic hydroxyl groups excluding tert-OH is 1. The minimum Gasteiger partial charge on any atom is -0.389 e. The normalized spacial score (nSPS) is 19.8. The Labute approximate surface area is 149 Å². The Morgan fingerprint density at radius 3 is 2.58 bits per heavy atom. The first-order chi connectivity index (χ1) is 12.4. The van der Waals surface area contributed by atoms with Gasteiger partial charge in [0.25, 0.3) is 6.43 Å². The molecule has 8 heteroatoms. The molecule has 2 N–H and O–H groups in total. The molecule has 2 aromatic rings. The number of β-amino-alcohol motifs (C(OH)–C–C–N with tert-alkyl or cyclic N) is 1. The molecule has 1 aromatic heterocycles. The summed E-state index contributed by atoms with van der Waals surface area (Å²) >= 11 is 0. The maximum Gasteiger partial charge on any atom is 0.263 e. The van der Waals surface area contributed by atoms with Crippen LogP contribution in [0.1, 0.15) is 23.2 Å². The third-order valence-corrected chi connectivity index (χ3v) is 4.34. The zero-order valence-corrected chi connectivity index (χ0v) is 14.3. The van der Waals surface area contributed by atoms with E-state index >= 15 is 0 Å². The molecule has 0 saturated carbocycles. The summed E-state index contributed by atoms with van der Waals surface area (Å²) in [7, 11) is 0. The Morgan fingerprint density at radius 2 is 1.96 bits per heavy atom. The molecule has 1 amide bonds. The van der Waals surface area contributed by atoms with Crippen LogP contribution in [0.2, 0.25) is 0 Å². The summed E-state index contributed by atoms with van der Waals surface area (Å²) in [6, 6.07) is 8.89. The topological polar surface area (TPSA) is 78.4 Å². The zero-order chi connectivity index (χ0) is 18.7. The molecule has 0 spiro atoms. The molecular formula is C18H20F2N4O2. The molecular weight excluding hydrogens is 342 g/mol. The number of amides is 1. The van der Waals surface area contributed by atoms with Crippen LogP contribution in [0.15, 0.2) is 36.4 Å². The van der Waals surface area contributed by atoms with E-state index in [1.807, 2.05) is 24.0 Å². The van der Waals surface area contributed by atoms with Gasteiger partial charge in [0.2, 0.25) is 5.91 Å². The van der Waals surface area contributed by atoms with Gasteiger partial charge in [0.1, 0.15) is 0 Å². The van der Waals surface area contributed by atoms with Crippen molar-refractivity contribution in [1.29, 1.82) is 0 Å². The number of hydrogen-bond acceptors (Lipinski definition) is 5. The number of nitrogens with zero attached hydrogens (tertiary/aromatic N) is 3. The largest absolute Gasteiger partial charge is 0.389 e. The predicted octanol–water partition coefficient (Wildman–Crippen LogP) is 1.63. The fourth-order valence-electron chi connectivity index (χ4n) is 2.90. The number of aliphatic hydroxyl groups is 1. The monoisotopic (exact) mass is 362 g/mol. The van der Waals surface area contributed by atoms with Crippen molar-refractivity contribution in [2.24, 2.45) is 0 Å². The molecule has 1 aromatic carbocycles. The van der Waals surface area contributed by atoms with Gasteiger partial charge in [0, 0.05) is 18.7 Å². The summed E-state index contributed by atoms with van der Waals surface area (Å²) in [5.74, 6) is 0.379. The highest BCUT2D eigenvalue weighted by molar-refractivity contribution is 5.79. The van der Waals surface area contributed by atoms with Crippen LogP contribution in [0, 0.1) is 6.92 Å². The smallest absolute Gasteiger partial charge is 0.263 e. The molecule has 6 nitrogen and oxygen atoms in total. The highest BCUT2D eigenvalue weighted by atomic mass is 19.3.